The quantitative estimate of drug-likeness (QED) is 0.573. The van der Waals surface area contributed by atoms with Crippen molar-refractivity contribution >= 4 is 29.7 Å². The highest BCUT2D eigenvalue weighted by Crippen LogP contribution is 2.54. The molecule has 3 aliphatic rings. The summed E-state index contributed by atoms with van der Waals surface area (Å²) in [5.74, 6) is -0.666. The number of aliphatic carboxylic acids is 1. The van der Waals surface area contributed by atoms with Gasteiger partial charge in [0.25, 0.3) is 0 Å². The molecular weight excluding hydrogens is 464 g/mol. The number of alkyl carbamates (subject to hydrolysis) is 1. The monoisotopic (exact) mass is 494 g/mol. The lowest BCUT2D eigenvalue weighted by Gasteiger charge is -2.36. The molecule has 2 amide bonds. The van der Waals surface area contributed by atoms with Crippen molar-refractivity contribution in [3.8, 4) is 11.1 Å². The van der Waals surface area contributed by atoms with Crippen molar-refractivity contribution < 1.29 is 24.2 Å². The molecule has 2 fully saturated rings. The number of thioether (sulfide) groups is 1. The van der Waals surface area contributed by atoms with Crippen LogP contribution >= 0.6 is 11.8 Å². The van der Waals surface area contributed by atoms with Gasteiger partial charge >= 0.3 is 12.1 Å². The number of carboxylic acids is 1. The molecule has 2 aromatic rings. The third-order valence-electron chi connectivity index (χ3n) is 7.67. The van der Waals surface area contributed by atoms with Crippen LogP contribution in [-0.2, 0) is 14.3 Å². The third-order valence-corrected chi connectivity index (χ3v) is 8.31. The van der Waals surface area contributed by atoms with E-state index < -0.39 is 23.6 Å². The molecule has 2 aliphatic carbocycles. The Kier molecular flexibility index (Phi) is 6.49. The number of fused-ring (bicyclic) bond motifs is 4. The van der Waals surface area contributed by atoms with Crippen LogP contribution in [0, 0.1) is 5.92 Å². The Balaban J connectivity index is 1.28. The highest BCUT2D eigenvalue weighted by atomic mass is 32.2. The average molecular weight is 495 g/mol. The van der Waals surface area contributed by atoms with E-state index in [9.17, 15) is 19.5 Å². The van der Waals surface area contributed by atoms with Crippen LogP contribution in [0.3, 0.4) is 0 Å². The molecule has 8 heteroatoms. The highest BCUT2D eigenvalue weighted by molar-refractivity contribution is 7.98. The fourth-order valence-electron chi connectivity index (χ4n) is 5.83. The van der Waals surface area contributed by atoms with Crippen LogP contribution in [0.15, 0.2) is 48.5 Å². The molecule has 35 heavy (non-hydrogen) atoms. The molecule has 0 spiro atoms. The topological polar surface area (TPSA) is 95.9 Å². The van der Waals surface area contributed by atoms with Gasteiger partial charge in [0.15, 0.2) is 0 Å². The lowest BCUT2D eigenvalue weighted by molar-refractivity contribution is -0.155. The molecule has 1 heterocycles. The Hall–Kier alpha value is -3.00. The maximum Gasteiger partial charge on any atom is 0.407 e. The summed E-state index contributed by atoms with van der Waals surface area (Å²) in [4.78, 5) is 39.9. The lowest BCUT2D eigenvalue weighted by Crippen LogP contribution is -2.57. The Morgan fingerprint density at radius 3 is 2.43 bits per heavy atom. The van der Waals surface area contributed by atoms with Gasteiger partial charge in [0.2, 0.25) is 5.91 Å². The van der Waals surface area contributed by atoms with Crippen LogP contribution in [0.2, 0.25) is 0 Å². The number of piperidine rings is 1. The highest BCUT2D eigenvalue weighted by Gasteiger charge is 2.67. The summed E-state index contributed by atoms with van der Waals surface area (Å²) in [5, 5.41) is 12.6. The number of hydrogen-bond acceptors (Lipinski definition) is 5. The van der Waals surface area contributed by atoms with Gasteiger partial charge in [-0.15, -0.1) is 0 Å². The zero-order valence-electron chi connectivity index (χ0n) is 19.7. The number of benzene rings is 2. The first-order valence-corrected chi connectivity index (χ1v) is 13.5. The smallest absolute Gasteiger partial charge is 0.407 e. The number of carbonyl (C=O) groups excluding carboxylic acids is 2. The van der Waals surface area contributed by atoms with Crippen molar-refractivity contribution in [2.24, 2.45) is 5.92 Å². The number of carboxylic acid groups (broad SMARTS) is 1. The first-order valence-electron chi connectivity index (χ1n) is 12.1. The summed E-state index contributed by atoms with van der Waals surface area (Å²) in [6.45, 7) is 0.567. The Bertz CT molecular complexity index is 1110. The predicted octanol–water partition coefficient (Wildman–Crippen LogP) is 4.11. The number of hydrogen-bond donors (Lipinski definition) is 2. The molecule has 2 aromatic carbocycles. The van der Waals surface area contributed by atoms with Crippen LogP contribution in [0.5, 0.6) is 0 Å². The molecule has 1 saturated heterocycles. The largest absolute Gasteiger partial charge is 0.479 e. The second-order valence-corrected chi connectivity index (χ2v) is 10.6. The molecule has 0 unspecified atom stereocenters. The maximum absolute atomic E-state index is 13.5. The molecule has 1 saturated carbocycles. The fourth-order valence-corrected chi connectivity index (χ4v) is 6.30. The number of ether oxygens (including phenoxy) is 1. The first-order chi connectivity index (χ1) is 17.0. The maximum atomic E-state index is 13.5. The number of carbonyl (C=O) groups is 3. The molecule has 1 aliphatic heterocycles. The Morgan fingerprint density at radius 2 is 1.80 bits per heavy atom. The van der Waals surface area contributed by atoms with Crippen molar-refractivity contribution in [3.63, 3.8) is 0 Å². The van der Waals surface area contributed by atoms with Gasteiger partial charge in [-0.3, -0.25) is 4.79 Å². The summed E-state index contributed by atoms with van der Waals surface area (Å²) in [6.07, 6.45) is 3.80. The molecular formula is C27H30N2O5S. The minimum Gasteiger partial charge on any atom is -0.479 e. The first kappa shape index (κ1) is 23.7. The summed E-state index contributed by atoms with van der Waals surface area (Å²) < 4.78 is 5.65. The van der Waals surface area contributed by atoms with Crippen molar-refractivity contribution in [2.75, 3.05) is 25.2 Å². The summed E-state index contributed by atoms with van der Waals surface area (Å²) in [7, 11) is 0. The molecule has 0 aromatic heterocycles. The number of rotatable bonds is 8. The standard InChI is InChI=1S/C27H30N2O5S/c1-35-14-12-23(24(30)29-13-6-7-17-15-27(17,29)25(31)32)28-26(33)34-16-22-20-10-4-2-8-18(20)19-9-3-5-11-21(19)22/h2-5,8-11,17,22-23H,6-7,12-16H2,1H3,(H,28,33)(H,31,32)/t17-,23+,27+/m0/s1. The van der Waals surface area contributed by atoms with E-state index in [1.807, 2.05) is 30.5 Å². The van der Waals surface area contributed by atoms with E-state index in [1.54, 1.807) is 11.8 Å². The van der Waals surface area contributed by atoms with E-state index >= 15 is 0 Å². The number of nitrogens with one attached hydrogen (secondary N) is 1. The number of likely N-dealkylation sites (tertiary alicyclic amines) is 1. The van der Waals surface area contributed by atoms with Gasteiger partial charge in [-0.05, 0) is 65.9 Å². The second-order valence-electron chi connectivity index (χ2n) is 9.57. The molecule has 3 atom stereocenters. The number of amides is 2. The van der Waals surface area contributed by atoms with Gasteiger partial charge in [0, 0.05) is 12.5 Å². The summed E-state index contributed by atoms with van der Waals surface area (Å²) >= 11 is 1.58. The minimum absolute atomic E-state index is 0.00774. The molecule has 2 N–H and O–H groups in total. The van der Waals surface area contributed by atoms with Gasteiger partial charge in [-0.25, -0.2) is 9.59 Å². The predicted molar refractivity (Wildman–Crippen MR) is 134 cm³/mol. The van der Waals surface area contributed by atoms with E-state index in [4.69, 9.17) is 4.74 Å². The van der Waals surface area contributed by atoms with Crippen LogP contribution in [0.4, 0.5) is 4.79 Å². The van der Waals surface area contributed by atoms with Crippen LogP contribution in [0.1, 0.15) is 42.7 Å². The van der Waals surface area contributed by atoms with E-state index in [0.717, 1.165) is 35.1 Å². The van der Waals surface area contributed by atoms with Gasteiger partial charge in [-0.2, -0.15) is 11.8 Å². The minimum atomic E-state index is -1.10. The van der Waals surface area contributed by atoms with Crippen LogP contribution in [-0.4, -0.2) is 64.7 Å². The van der Waals surface area contributed by atoms with Gasteiger partial charge < -0.3 is 20.1 Å². The zero-order chi connectivity index (χ0) is 24.6. The van der Waals surface area contributed by atoms with Crippen molar-refractivity contribution in [2.45, 2.75) is 43.2 Å². The fraction of sp³-hybridized carbons (Fsp3) is 0.444. The van der Waals surface area contributed by atoms with Crippen LogP contribution in [0.25, 0.3) is 11.1 Å². The number of nitrogens with zero attached hydrogens (tertiary/aromatic N) is 1. The Labute approximate surface area is 209 Å². The second kappa shape index (κ2) is 9.57. The molecule has 5 rings (SSSR count). The summed E-state index contributed by atoms with van der Waals surface area (Å²) in [6, 6.07) is 15.4. The Morgan fingerprint density at radius 1 is 1.14 bits per heavy atom. The molecule has 0 bridgehead atoms. The van der Waals surface area contributed by atoms with E-state index in [2.05, 4.69) is 29.6 Å². The van der Waals surface area contributed by atoms with Gasteiger partial charge in [-0.1, -0.05) is 48.5 Å². The van der Waals surface area contributed by atoms with Crippen molar-refractivity contribution in [1.29, 1.82) is 0 Å². The van der Waals surface area contributed by atoms with Crippen molar-refractivity contribution in [3.05, 3.63) is 59.7 Å². The van der Waals surface area contributed by atoms with Crippen LogP contribution < -0.4 is 5.32 Å². The van der Waals surface area contributed by atoms with E-state index in [0.29, 0.717) is 25.1 Å². The van der Waals surface area contributed by atoms with E-state index in [1.165, 1.54) is 4.90 Å². The van der Waals surface area contributed by atoms with Crippen molar-refractivity contribution in [1.82, 2.24) is 10.2 Å². The van der Waals surface area contributed by atoms with Gasteiger partial charge in [0.05, 0.1) is 0 Å². The van der Waals surface area contributed by atoms with E-state index in [-0.39, 0.29) is 24.3 Å². The average Bonchev–Trinajstić information content (AvgIpc) is 3.56. The third kappa shape index (κ3) is 4.18. The SMILES string of the molecule is CSCC[C@@H](NC(=O)OCC1c2ccccc2-c2ccccc21)C(=O)N1CCC[C@H]2C[C@]21C(=O)O. The molecule has 184 valence electrons. The lowest BCUT2D eigenvalue weighted by atomic mass is 9.98. The molecule has 0 radical (unpaired) electrons. The van der Waals surface area contributed by atoms with Gasteiger partial charge in [0.1, 0.15) is 18.2 Å². The normalized spacial score (nSPS) is 23.0. The molecule has 7 nitrogen and oxygen atoms in total. The zero-order valence-corrected chi connectivity index (χ0v) is 20.6. The summed E-state index contributed by atoms with van der Waals surface area (Å²) in [5.41, 5.74) is 3.43.